The Kier molecular flexibility index (Phi) is 7.13. The van der Waals surface area contributed by atoms with E-state index in [-0.39, 0.29) is 19.7 Å². The standard InChI is InChI=1S/C10H16N2O6/c1-2-3-11(4-5-13)10(18)12(6-8(14)15)7-9(16)17/h2,13H,1,3-7H2,(H,14,15)(H,16,17). The molecular formula is C10H16N2O6. The van der Waals surface area contributed by atoms with Crippen LogP contribution < -0.4 is 0 Å². The Bertz CT molecular complexity index is 314. The molecule has 0 rings (SSSR count). The van der Waals surface area contributed by atoms with Crippen molar-refractivity contribution in [1.29, 1.82) is 0 Å². The van der Waals surface area contributed by atoms with E-state index in [0.717, 1.165) is 4.90 Å². The second-order valence-corrected chi connectivity index (χ2v) is 3.38. The van der Waals surface area contributed by atoms with Crippen molar-refractivity contribution in [1.82, 2.24) is 9.80 Å². The number of carboxylic acid groups (broad SMARTS) is 2. The summed E-state index contributed by atoms with van der Waals surface area (Å²) in [5.41, 5.74) is 0. The molecule has 0 heterocycles. The number of hydrogen-bond donors (Lipinski definition) is 3. The maximum atomic E-state index is 11.9. The Labute approximate surface area is 104 Å². The molecule has 0 aromatic heterocycles. The van der Waals surface area contributed by atoms with E-state index < -0.39 is 31.1 Å². The van der Waals surface area contributed by atoms with E-state index in [9.17, 15) is 14.4 Å². The van der Waals surface area contributed by atoms with Gasteiger partial charge in [-0.05, 0) is 0 Å². The molecule has 0 fully saturated rings. The quantitative estimate of drug-likeness (QED) is 0.484. The van der Waals surface area contributed by atoms with Gasteiger partial charge >= 0.3 is 18.0 Å². The molecule has 8 nitrogen and oxygen atoms in total. The lowest BCUT2D eigenvalue weighted by Crippen LogP contribution is -2.48. The second kappa shape index (κ2) is 8.07. The van der Waals surface area contributed by atoms with Crippen molar-refractivity contribution >= 4 is 18.0 Å². The molecule has 3 N–H and O–H groups in total. The van der Waals surface area contributed by atoms with Crippen molar-refractivity contribution in [2.24, 2.45) is 0 Å². The number of carbonyl (C=O) groups excluding carboxylic acids is 1. The summed E-state index contributed by atoms with van der Waals surface area (Å²) in [6.07, 6.45) is 1.40. The zero-order valence-corrected chi connectivity index (χ0v) is 9.78. The molecule has 0 radical (unpaired) electrons. The molecule has 0 aliphatic heterocycles. The van der Waals surface area contributed by atoms with Crippen LogP contribution in [0.15, 0.2) is 12.7 Å². The van der Waals surface area contributed by atoms with Crippen LogP contribution in [0.5, 0.6) is 0 Å². The van der Waals surface area contributed by atoms with E-state index in [4.69, 9.17) is 15.3 Å². The molecule has 8 heteroatoms. The van der Waals surface area contributed by atoms with Crippen LogP contribution in [0.25, 0.3) is 0 Å². The number of aliphatic carboxylic acids is 2. The van der Waals surface area contributed by atoms with Gasteiger partial charge in [-0.1, -0.05) is 6.08 Å². The molecule has 2 amide bonds. The molecule has 0 spiro atoms. The molecule has 0 aliphatic carbocycles. The third-order valence-corrected chi connectivity index (χ3v) is 1.91. The fourth-order valence-corrected chi connectivity index (χ4v) is 1.26. The van der Waals surface area contributed by atoms with Gasteiger partial charge < -0.3 is 25.1 Å². The Morgan fingerprint density at radius 1 is 1.06 bits per heavy atom. The molecular weight excluding hydrogens is 244 g/mol. The molecule has 0 bridgehead atoms. The lowest BCUT2D eigenvalue weighted by atomic mass is 10.4. The number of urea groups is 1. The van der Waals surface area contributed by atoms with E-state index in [1.165, 1.54) is 6.08 Å². The minimum atomic E-state index is -1.31. The average Bonchev–Trinajstić information content (AvgIpc) is 2.25. The molecule has 0 atom stereocenters. The van der Waals surface area contributed by atoms with Crippen molar-refractivity contribution in [3.8, 4) is 0 Å². The molecule has 0 aromatic carbocycles. The fourth-order valence-electron chi connectivity index (χ4n) is 1.26. The summed E-state index contributed by atoms with van der Waals surface area (Å²) in [4.78, 5) is 34.8. The first-order chi connectivity index (χ1) is 8.42. The van der Waals surface area contributed by atoms with Crippen LogP contribution in [-0.4, -0.2) is 75.9 Å². The van der Waals surface area contributed by atoms with Gasteiger partial charge in [-0.3, -0.25) is 9.59 Å². The maximum Gasteiger partial charge on any atom is 0.323 e. The van der Waals surface area contributed by atoms with Gasteiger partial charge in [-0.15, -0.1) is 6.58 Å². The minimum absolute atomic E-state index is 0.0272. The van der Waals surface area contributed by atoms with Crippen LogP contribution in [0.2, 0.25) is 0 Å². The highest BCUT2D eigenvalue weighted by atomic mass is 16.4. The number of carboxylic acids is 2. The van der Waals surface area contributed by atoms with Gasteiger partial charge in [0.1, 0.15) is 13.1 Å². The topological polar surface area (TPSA) is 118 Å². The highest BCUT2D eigenvalue weighted by Gasteiger charge is 2.23. The highest BCUT2D eigenvalue weighted by molar-refractivity contribution is 5.84. The summed E-state index contributed by atoms with van der Waals surface area (Å²) in [5, 5.41) is 26.0. The molecule has 102 valence electrons. The zero-order valence-electron chi connectivity index (χ0n) is 9.78. The van der Waals surface area contributed by atoms with Crippen LogP contribution in [0.1, 0.15) is 0 Å². The van der Waals surface area contributed by atoms with Crippen molar-refractivity contribution in [3.05, 3.63) is 12.7 Å². The molecule has 0 saturated heterocycles. The Morgan fingerprint density at radius 2 is 1.56 bits per heavy atom. The normalized spacial score (nSPS) is 9.61. The summed E-state index contributed by atoms with van der Waals surface area (Å²) >= 11 is 0. The van der Waals surface area contributed by atoms with Gasteiger partial charge in [0.2, 0.25) is 0 Å². The molecule has 0 aromatic rings. The van der Waals surface area contributed by atoms with Crippen LogP contribution >= 0.6 is 0 Å². The average molecular weight is 260 g/mol. The molecule has 0 aliphatic rings. The Morgan fingerprint density at radius 3 is 1.89 bits per heavy atom. The van der Waals surface area contributed by atoms with Crippen LogP contribution in [-0.2, 0) is 9.59 Å². The number of aliphatic hydroxyl groups excluding tert-OH is 1. The van der Waals surface area contributed by atoms with E-state index in [0.29, 0.717) is 4.90 Å². The molecule has 0 saturated carbocycles. The Balaban J connectivity index is 4.81. The molecule has 0 unspecified atom stereocenters. The number of amides is 2. The van der Waals surface area contributed by atoms with Gasteiger partial charge in [0, 0.05) is 13.1 Å². The first-order valence-corrected chi connectivity index (χ1v) is 5.11. The van der Waals surface area contributed by atoms with E-state index in [1.54, 1.807) is 0 Å². The summed E-state index contributed by atoms with van der Waals surface area (Å²) in [7, 11) is 0. The SMILES string of the molecule is C=CCN(CCO)C(=O)N(CC(=O)O)CC(=O)O. The predicted molar refractivity (Wildman–Crippen MR) is 61.1 cm³/mol. The zero-order chi connectivity index (χ0) is 14.1. The van der Waals surface area contributed by atoms with Gasteiger partial charge in [0.15, 0.2) is 0 Å². The van der Waals surface area contributed by atoms with Gasteiger partial charge in [-0.25, -0.2) is 4.79 Å². The van der Waals surface area contributed by atoms with E-state index >= 15 is 0 Å². The summed E-state index contributed by atoms with van der Waals surface area (Å²) in [5.74, 6) is -2.63. The van der Waals surface area contributed by atoms with Crippen molar-refractivity contribution < 1.29 is 29.7 Å². The number of hydrogen-bond acceptors (Lipinski definition) is 4. The van der Waals surface area contributed by atoms with Crippen molar-refractivity contribution in [3.63, 3.8) is 0 Å². The van der Waals surface area contributed by atoms with Crippen LogP contribution in [0.3, 0.4) is 0 Å². The van der Waals surface area contributed by atoms with Crippen LogP contribution in [0.4, 0.5) is 4.79 Å². The summed E-state index contributed by atoms with van der Waals surface area (Å²) < 4.78 is 0. The van der Waals surface area contributed by atoms with Crippen LogP contribution in [0, 0.1) is 0 Å². The van der Waals surface area contributed by atoms with Crippen molar-refractivity contribution in [2.75, 3.05) is 32.8 Å². The van der Waals surface area contributed by atoms with E-state index in [1.807, 2.05) is 0 Å². The third kappa shape index (κ3) is 5.85. The first-order valence-electron chi connectivity index (χ1n) is 5.11. The third-order valence-electron chi connectivity index (χ3n) is 1.91. The number of rotatable bonds is 8. The molecule has 18 heavy (non-hydrogen) atoms. The van der Waals surface area contributed by atoms with E-state index in [2.05, 4.69) is 6.58 Å². The van der Waals surface area contributed by atoms with Gasteiger partial charge in [0.25, 0.3) is 0 Å². The monoisotopic (exact) mass is 260 g/mol. The number of carbonyl (C=O) groups is 3. The first kappa shape index (κ1) is 15.9. The fraction of sp³-hybridized carbons (Fsp3) is 0.500. The van der Waals surface area contributed by atoms with Gasteiger partial charge in [0.05, 0.1) is 6.61 Å². The Hall–Kier alpha value is -2.09. The smallest absolute Gasteiger partial charge is 0.323 e. The lowest BCUT2D eigenvalue weighted by Gasteiger charge is -2.27. The van der Waals surface area contributed by atoms with Gasteiger partial charge in [-0.2, -0.15) is 0 Å². The maximum absolute atomic E-state index is 11.9. The highest BCUT2D eigenvalue weighted by Crippen LogP contribution is 2.00. The van der Waals surface area contributed by atoms with Crippen molar-refractivity contribution in [2.45, 2.75) is 0 Å². The summed E-state index contributed by atoms with van der Waals surface area (Å²) in [6.45, 7) is 1.74. The number of nitrogens with zero attached hydrogens (tertiary/aromatic N) is 2. The lowest BCUT2D eigenvalue weighted by molar-refractivity contribution is -0.140. The summed E-state index contributed by atoms with van der Waals surface area (Å²) in [6, 6.07) is -0.770. The largest absolute Gasteiger partial charge is 0.480 e. The second-order valence-electron chi connectivity index (χ2n) is 3.38. The number of aliphatic hydroxyl groups is 1. The predicted octanol–water partition coefficient (Wildman–Crippen LogP) is -0.942. The minimum Gasteiger partial charge on any atom is -0.480 e.